The fourth-order valence-corrected chi connectivity index (χ4v) is 4.46. The van der Waals surface area contributed by atoms with Crippen LogP contribution in [0.3, 0.4) is 0 Å². The Morgan fingerprint density at radius 1 is 1.06 bits per heavy atom. The zero-order chi connectivity index (χ0) is 21.5. The topological polar surface area (TPSA) is 74.3 Å². The molecule has 0 aliphatic carbocycles. The van der Waals surface area contributed by atoms with Crippen molar-refractivity contribution in [3.8, 4) is 27.6 Å². The van der Waals surface area contributed by atoms with Crippen LogP contribution in [0.15, 0.2) is 42.6 Å². The second-order valence-electron chi connectivity index (χ2n) is 7.11. The van der Waals surface area contributed by atoms with Crippen molar-refractivity contribution < 1.29 is 4.39 Å². The maximum Gasteiger partial charge on any atom is 0.164 e. The molecular weight excluding hydrogens is 413 g/mol. The molecule has 0 spiro atoms. The summed E-state index contributed by atoms with van der Waals surface area (Å²) in [7, 11) is 0. The van der Waals surface area contributed by atoms with Crippen LogP contribution < -0.4 is 0 Å². The van der Waals surface area contributed by atoms with Crippen LogP contribution in [-0.2, 0) is 13.0 Å². The second-order valence-corrected chi connectivity index (χ2v) is 8.18. The minimum Gasteiger partial charge on any atom is -0.264 e. The number of halogens is 1. The van der Waals surface area contributed by atoms with Gasteiger partial charge in [0, 0.05) is 18.3 Å². The van der Waals surface area contributed by atoms with E-state index in [-0.39, 0.29) is 5.82 Å². The number of aryl methyl sites for hydroxylation is 3. The van der Waals surface area contributed by atoms with Crippen LogP contribution in [0.5, 0.6) is 0 Å². The van der Waals surface area contributed by atoms with Crippen molar-refractivity contribution in [3.63, 3.8) is 0 Å². The van der Waals surface area contributed by atoms with Gasteiger partial charge in [0.15, 0.2) is 5.65 Å². The van der Waals surface area contributed by atoms with Gasteiger partial charge in [0.2, 0.25) is 0 Å². The third-order valence-electron chi connectivity index (χ3n) is 5.16. The lowest BCUT2D eigenvalue weighted by Crippen LogP contribution is -2.02. The van der Waals surface area contributed by atoms with Crippen molar-refractivity contribution in [1.29, 1.82) is 0 Å². The molecule has 0 saturated carbocycles. The van der Waals surface area contributed by atoms with Gasteiger partial charge in [0.25, 0.3) is 0 Å². The van der Waals surface area contributed by atoms with Gasteiger partial charge in [0.1, 0.15) is 15.8 Å². The molecule has 0 aliphatic rings. The van der Waals surface area contributed by atoms with E-state index in [1.54, 1.807) is 34.3 Å². The summed E-state index contributed by atoms with van der Waals surface area (Å²) in [4.78, 5) is 4.96. The van der Waals surface area contributed by atoms with E-state index in [4.69, 9.17) is 10.1 Å². The Labute approximate surface area is 182 Å². The fraction of sp³-hybridized carbons (Fsp3) is 0.227. The van der Waals surface area contributed by atoms with E-state index >= 15 is 0 Å². The smallest absolute Gasteiger partial charge is 0.164 e. The van der Waals surface area contributed by atoms with Crippen LogP contribution in [0.25, 0.3) is 38.7 Å². The summed E-state index contributed by atoms with van der Waals surface area (Å²) >= 11 is 1.57. The number of fused-ring (bicyclic) bond motifs is 1. The van der Waals surface area contributed by atoms with Crippen molar-refractivity contribution in [3.05, 3.63) is 59.1 Å². The molecule has 0 unspecified atom stereocenters. The average Bonchev–Trinajstić information content (AvgIpc) is 3.52. The second kappa shape index (κ2) is 7.66. The molecule has 31 heavy (non-hydrogen) atoms. The van der Waals surface area contributed by atoms with Crippen LogP contribution >= 0.6 is 11.3 Å². The summed E-state index contributed by atoms with van der Waals surface area (Å²) in [6.07, 6.45) is 2.60. The van der Waals surface area contributed by atoms with Crippen molar-refractivity contribution in [2.45, 2.75) is 33.7 Å². The molecule has 0 saturated heterocycles. The van der Waals surface area contributed by atoms with Crippen molar-refractivity contribution in [2.75, 3.05) is 0 Å². The third kappa shape index (κ3) is 3.31. The molecule has 0 atom stereocenters. The molecule has 5 aromatic rings. The quantitative estimate of drug-likeness (QED) is 0.397. The maximum absolute atomic E-state index is 13.5. The van der Waals surface area contributed by atoms with Gasteiger partial charge in [-0.3, -0.25) is 4.68 Å². The van der Waals surface area contributed by atoms with Gasteiger partial charge in [-0.05, 0) is 56.7 Å². The largest absolute Gasteiger partial charge is 0.264 e. The molecule has 0 bridgehead atoms. The predicted molar refractivity (Wildman–Crippen MR) is 119 cm³/mol. The summed E-state index contributed by atoms with van der Waals surface area (Å²) < 4.78 is 17.2. The molecule has 156 valence electrons. The lowest BCUT2D eigenvalue weighted by atomic mass is 10.1. The Kier molecular flexibility index (Phi) is 4.82. The molecular formula is C22H20FN7S. The first-order valence-corrected chi connectivity index (χ1v) is 10.9. The maximum atomic E-state index is 13.5. The fourth-order valence-electron chi connectivity index (χ4n) is 3.66. The van der Waals surface area contributed by atoms with Gasteiger partial charge in [-0.1, -0.05) is 18.3 Å². The van der Waals surface area contributed by atoms with Crippen LogP contribution in [0.4, 0.5) is 4.39 Å². The Morgan fingerprint density at radius 2 is 1.87 bits per heavy atom. The highest BCUT2D eigenvalue weighted by molar-refractivity contribution is 7.14. The Hall–Kier alpha value is -3.46. The molecule has 0 amide bonds. The lowest BCUT2D eigenvalue weighted by molar-refractivity contribution is 0.627. The molecule has 0 radical (unpaired) electrons. The molecule has 1 aromatic carbocycles. The number of nitrogens with zero attached hydrogens (tertiary/aromatic N) is 7. The van der Waals surface area contributed by atoms with Crippen molar-refractivity contribution in [2.24, 2.45) is 0 Å². The summed E-state index contributed by atoms with van der Waals surface area (Å²) in [6, 6.07) is 10.2. The predicted octanol–water partition coefficient (Wildman–Crippen LogP) is 4.83. The molecule has 4 aromatic heterocycles. The first kappa shape index (κ1) is 19.5. The van der Waals surface area contributed by atoms with E-state index in [9.17, 15) is 4.39 Å². The summed E-state index contributed by atoms with van der Waals surface area (Å²) in [5.74, 6) is -0.293. The van der Waals surface area contributed by atoms with Crippen LogP contribution in [0.2, 0.25) is 0 Å². The van der Waals surface area contributed by atoms with Crippen molar-refractivity contribution in [1.82, 2.24) is 34.7 Å². The first-order valence-electron chi connectivity index (χ1n) is 10.1. The number of hydrogen-bond acceptors (Lipinski definition) is 6. The van der Waals surface area contributed by atoms with Gasteiger partial charge in [-0.2, -0.15) is 10.2 Å². The van der Waals surface area contributed by atoms with E-state index in [1.807, 2.05) is 30.7 Å². The zero-order valence-electron chi connectivity index (χ0n) is 17.4. The van der Waals surface area contributed by atoms with E-state index in [0.29, 0.717) is 5.65 Å². The standard InChI is InChI=1S/C22H20FN7S/c1-4-19-26-27-22(31-19)16-12-17(18-10-11-24-29(18)5-2)25-21-20(16)13(3)28-30(21)15-8-6-14(23)7-9-15/h6-12H,4-5H2,1-3H3. The minimum atomic E-state index is -0.293. The normalized spacial score (nSPS) is 11.5. The number of hydrogen-bond donors (Lipinski definition) is 0. The van der Waals surface area contributed by atoms with Crippen LogP contribution in [-0.4, -0.2) is 34.7 Å². The molecule has 5 rings (SSSR count). The highest BCUT2D eigenvalue weighted by atomic mass is 32.1. The molecule has 7 nitrogen and oxygen atoms in total. The van der Waals surface area contributed by atoms with Gasteiger partial charge in [0.05, 0.1) is 28.2 Å². The number of aromatic nitrogens is 7. The van der Waals surface area contributed by atoms with E-state index in [1.165, 1.54) is 12.1 Å². The van der Waals surface area contributed by atoms with E-state index < -0.39 is 0 Å². The molecule has 9 heteroatoms. The summed E-state index contributed by atoms with van der Waals surface area (Å²) in [5, 5.41) is 20.6. The molecule has 0 N–H and O–H groups in total. The Balaban J connectivity index is 1.83. The first-order chi connectivity index (χ1) is 15.1. The number of pyridine rings is 1. The molecule has 0 fully saturated rings. The highest BCUT2D eigenvalue weighted by Crippen LogP contribution is 2.36. The SMILES string of the molecule is CCc1nnc(-c2cc(-c3ccnn3CC)nc3c2c(C)nn3-c2ccc(F)cc2)s1. The average molecular weight is 434 g/mol. The lowest BCUT2D eigenvalue weighted by Gasteiger charge is -2.09. The summed E-state index contributed by atoms with van der Waals surface area (Å²) in [5.41, 5.74) is 4.88. The Bertz CT molecular complexity index is 1380. The summed E-state index contributed by atoms with van der Waals surface area (Å²) in [6.45, 7) is 6.79. The Morgan fingerprint density at radius 3 is 2.58 bits per heavy atom. The minimum absolute atomic E-state index is 0.293. The highest BCUT2D eigenvalue weighted by Gasteiger charge is 2.21. The number of benzene rings is 1. The zero-order valence-corrected chi connectivity index (χ0v) is 18.2. The molecule has 4 heterocycles. The van der Waals surface area contributed by atoms with Gasteiger partial charge < -0.3 is 0 Å². The van der Waals surface area contributed by atoms with Crippen molar-refractivity contribution >= 4 is 22.4 Å². The van der Waals surface area contributed by atoms with Crippen LogP contribution in [0, 0.1) is 12.7 Å². The monoisotopic (exact) mass is 433 g/mol. The third-order valence-corrected chi connectivity index (χ3v) is 6.26. The van der Waals surface area contributed by atoms with Gasteiger partial charge in [-0.25, -0.2) is 14.1 Å². The van der Waals surface area contributed by atoms with Crippen LogP contribution in [0.1, 0.15) is 24.5 Å². The van der Waals surface area contributed by atoms with Gasteiger partial charge >= 0.3 is 0 Å². The number of rotatable bonds is 5. The van der Waals surface area contributed by atoms with E-state index in [2.05, 4.69) is 22.2 Å². The van der Waals surface area contributed by atoms with Gasteiger partial charge in [-0.15, -0.1) is 10.2 Å². The van der Waals surface area contributed by atoms with E-state index in [0.717, 1.165) is 56.7 Å². The molecule has 0 aliphatic heterocycles.